The number of imidazole rings is 1. The summed E-state index contributed by atoms with van der Waals surface area (Å²) >= 11 is 1.62. The van der Waals surface area contributed by atoms with E-state index >= 15 is 0 Å². The fourth-order valence-corrected chi connectivity index (χ4v) is 3.09. The van der Waals surface area contributed by atoms with E-state index in [1.807, 2.05) is 47.0 Å². The number of ether oxygens (including phenoxy) is 1. The van der Waals surface area contributed by atoms with Gasteiger partial charge in [-0.15, -0.1) is 11.3 Å². The molecule has 22 heavy (non-hydrogen) atoms. The first-order chi connectivity index (χ1) is 10.7. The van der Waals surface area contributed by atoms with Gasteiger partial charge in [-0.05, 0) is 37.4 Å². The zero-order chi connectivity index (χ0) is 15.5. The lowest BCUT2D eigenvalue weighted by Gasteiger charge is -2.09. The van der Waals surface area contributed by atoms with Crippen LogP contribution in [0, 0.1) is 6.92 Å². The lowest BCUT2D eigenvalue weighted by molar-refractivity contribution is -0.140. The number of anilines is 1. The molecule has 0 aliphatic heterocycles. The highest BCUT2D eigenvalue weighted by atomic mass is 32.1. The van der Waals surface area contributed by atoms with Gasteiger partial charge >= 0.3 is 5.97 Å². The number of aromatic nitrogens is 2. The van der Waals surface area contributed by atoms with Crippen molar-refractivity contribution < 1.29 is 9.53 Å². The molecule has 1 N–H and O–H groups in total. The Hall–Kier alpha value is -2.34. The molecule has 6 heteroatoms. The van der Waals surface area contributed by atoms with Gasteiger partial charge in [-0.25, -0.2) is 4.98 Å². The monoisotopic (exact) mass is 315 g/mol. The summed E-state index contributed by atoms with van der Waals surface area (Å²) in [4.78, 5) is 17.4. The van der Waals surface area contributed by atoms with Crippen molar-refractivity contribution in [1.29, 1.82) is 0 Å². The van der Waals surface area contributed by atoms with Crippen LogP contribution >= 0.6 is 11.3 Å². The van der Waals surface area contributed by atoms with Gasteiger partial charge in [0.25, 0.3) is 0 Å². The molecule has 3 rings (SSSR count). The van der Waals surface area contributed by atoms with Crippen LogP contribution in [0.3, 0.4) is 0 Å². The number of rotatable bonds is 5. The summed E-state index contributed by atoms with van der Waals surface area (Å²) in [5.41, 5.74) is 2.77. The Labute approximate surface area is 132 Å². The van der Waals surface area contributed by atoms with Gasteiger partial charge < -0.3 is 10.1 Å². The molecule has 0 atom stereocenters. The van der Waals surface area contributed by atoms with Gasteiger partial charge in [0.1, 0.15) is 23.7 Å². The molecule has 0 radical (unpaired) electrons. The van der Waals surface area contributed by atoms with Gasteiger partial charge in [-0.2, -0.15) is 0 Å². The smallest absolute Gasteiger partial charge is 0.325 e. The van der Waals surface area contributed by atoms with Gasteiger partial charge in [0.2, 0.25) is 0 Å². The van der Waals surface area contributed by atoms with E-state index in [0.717, 1.165) is 27.7 Å². The van der Waals surface area contributed by atoms with Crippen LogP contribution in [-0.2, 0) is 9.53 Å². The topological polar surface area (TPSA) is 55.6 Å². The predicted octanol–water partition coefficient (Wildman–Crippen LogP) is 3.35. The summed E-state index contributed by atoms with van der Waals surface area (Å²) in [6.45, 7) is 4.31. The first kappa shape index (κ1) is 14.6. The number of pyridine rings is 1. The summed E-state index contributed by atoms with van der Waals surface area (Å²) in [5, 5.41) is 5.20. The molecule has 3 aromatic heterocycles. The Morgan fingerprint density at radius 3 is 2.95 bits per heavy atom. The summed E-state index contributed by atoms with van der Waals surface area (Å²) in [6.07, 6.45) is 0. The average Bonchev–Trinajstić information content (AvgIpc) is 3.13. The molecule has 0 fully saturated rings. The molecule has 0 aliphatic rings. The maximum absolute atomic E-state index is 11.6. The molecular formula is C16H17N3O2S. The molecule has 0 spiro atoms. The largest absolute Gasteiger partial charge is 0.465 e. The van der Waals surface area contributed by atoms with Crippen molar-refractivity contribution in [2.24, 2.45) is 0 Å². The van der Waals surface area contributed by atoms with Crippen molar-refractivity contribution in [3.05, 3.63) is 41.4 Å². The Balaban J connectivity index is 2.04. The lowest BCUT2D eigenvalue weighted by atomic mass is 10.3. The van der Waals surface area contributed by atoms with Crippen LogP contribution in [0.25, 0.3) is 16.2 Å². The fraction of sp³-hybridized carbons (Fsp3) is 0.250. The van der Waals surface area contributed by atoms with Gasteiger partial charge in [-0.3, -0.25) is 9.20 Å². The second kappa shape index (κ2) is 6.19. The zero-order valence-corrected chi connectivity index (χ0v) is 13.3. The third-order valence-electron chi connectivity index (χ3n) is 3.30. The van der Waals surface area contributed by atoms with Crippen LogP contribution in [0.1, 0.15) is 12.6 Å². The van der Waals surface area contributed by atoms with Crippen molar-refractivity contribution in [3.63, 3.8) is 0 Å². The standard InChI is InChI=1S/C16H17N3O2S/c1-3-21-14(20)10-17-16-15(12-7-5-9-22-12)18-13-8-4-6-11(2)19(13)16/h4-9,17H,3,10H2,1-2H3. The molecule has 114 valence electrons. The number of nitrogens with zero attached hydrogens (tertiary/aromatic N) is 2. The minimum Gasteiger partial charge on any atom is -0.465 e. The van der Waals surface area contributed by atoms with Gasteiger partial charge in [0.15, 0.2) is 0 Å². The molecule has 0 saturated heterocycles. The Morgan fingerprint density at radius 1 is 1.36 bits per heavy atom. The van der Waals surface area contributed by atoms with Gasteiger partial charge in [0.05, 0.1) is 11.5 Å². The molecule has 3 aromatic rings. The first-order valence-corrected chi connectivity index (χ1v) is 8.00. The molecule has 0 saturated carbocycles. The SMILES string of the molecule is CCOC(=O)CNc1c(-c2cccs2)nc2cccc(C)n12. The summed E-state index contributed by atoms with van der Waals surface area (Å²) < 4.78 is 7.01. The maximum Gasteiger partial charge on any atom is 0.325 e. The van der Waals surface area contributed by atoms with E-state index in [4.69, 9.17) is 9.72 Å². The van der Waals surface area contributed by atoms with Crippen molar-refractivity contribution in [2.75, 3.05) is 18.5 Å². The Bertz CT molecular complexity index is 793. The summed E-state index contributed by atoms with van der Waals surface area (Å²) in [6, 6.07) is 9.97. The molecule has 0 amide bonds. The molecule has 0 aliphatic carbocycles. The lowest BCUT2D eigenvalue weighted by Crippen LogP contribution is -2.18. The predicted molar refractivity (Wildman–Crippen MR) is 88.4 cm³/mol. The maximum atomic E-state index is 11.6. The second-order valence-corrected chi connectivity index (χ2v) is 5.75. The van der Waals surface area contributed by atoms with Crippen molar-refractivity contribution in [1.82, 2.24) is 9.38 Å². The molecule has 0 aromatic carbocycles. The van der Waals surface area contributed by atoms with Gasteiger partial charge in [0, 0.05) is 5.69 Å². The highest BCUT2D eigenvalue weighted by molar-refractivity contribution is 7.13. The quantitative estimate of drug-likeness (QED) is 0.734. The number of hydrogen-bond donors (Lipinski definition) is 1. The van der Waals surface area contributed by atoms with Crippen molar-refractivity contribution >= 4 is 28.8 Å². The van der Waals surface area contributed by atoms with Gasteiger partial charge in [-0.1, -0.05) is 12.1 Å². The third kappa shape index (κ3) is 2.69. The minimum absolute atomic E-state index is 0.119. The molecule has 3 heterocycles. The highest BCUT2D eigenvalue weighted by Gasteiger charge is 2.16. The zero-order valence-electron chi connectivity index (χ0n) is 12.5. The van der Waals surface area contributed by atoms with Crippen LogP contribution < -0.4 is 5.32 Å². The van der Waals surface area contributed by atoms with Crippen LogP contribution in [0.2, 0.25) is 0 Å². The van der Waals surface area contributed by atoms with Crippen LogP contribution in [0.5, 0.6) is 0 Å². The first-order valence-electron chi connectivity index (χ1n) is 7.12. The molecule has 5 nitrogen and oxygen atoms in total. The molecular weight excluding hydrogens is 298 g/mol. The number of carbonyl (C=O) groups is 1. The van der Waals surface area contributed by atoms with E-state index in [-0.39, 0.29) is 12.5 Å². The van der Waals surface area contributed by atoms with Crippen molar-refractivity contribution in [2.45, 2.75) is 13.8 Å². The van der Waals surface area contributed by atoms with E-state index in [9.17, 15) is 4.79 Å². The number of hydrogen-bond acceptors (Lipinski definition) is 5. The number of thiophene rings is 1. The van der Waals surface area contributed by atoms with E-state index in [1.54, 1.807) is 18.3 Å². The number of fused-ring (bicyclic) bond motifs is 1. The number of carbonyl (C=O) groups excluding carboxylic acids is 1. The molecule has 0 bridgehead atoms. The Morgan fingerprint density at radius 2 is 2.23 bits per heavy atom. The third-order valence-corrected chi connectivity index (χ3v) is 4.18. The van der Waals surface area contributed by atoms with E-state index in [2.05, 4.69) is 5.32 Å². The van der Waals surface area contributed by atoms with Crippen LogP contribution in [-0.4, -0.2) is 28.5 Å². The minimum atomic E-state index is -0.275. The van der Waals surface area contributed by atoms with E-state index in [0.29, 0.717) is 6.61 Å². The van der Waals surface area contributed by atoms with E-state index in [1.165, 1.54) is 0 Å². The van der Waals surface area contributed by atoms with E-state index < -0.39 is 0 Å². The normalized spacial score (nSPS) is 10.8. The number of esters is 1. The highest BCUT2D eigenvalue weighted by Crippen LogP contribution is 2.32. The van der Waals surface area contributed by atoms with Crippen LogP contribution in [0.15, 0.2) is 35.7 Å². The summed E-state index contributed by atoms with van der Waals surface area (Å²) in [5.74, 6) is 0.548. The fourth-order valence-electron chi connectivity index (χ4n) is 2.37. The number of aryl methyl sites for hydroxylation is 1. The Kier molecular flexibility index (Phi) is 4.11. The van der Waals surface area contributed by atoms with Crippen LogP contribution in [0.4, 0.5) is 5.82 Å². The summed E-state index contributed by atoms with van der Waals surface area (Å²) in [7, 11) is 0. The van der Waals surface area contributed by atoms with Crippen molar-refractivity contribution in [3.8, 4) is 10.6 Å². The average molecular weight is 315 g/mol. The molecule has 0 unspecified atom stereocenters. The number of nitrogens with one attached hydrogen (secondary N) is 1. The second-order valence-electron chi connectivity index (χ2n) is 4.81.